The van der Waals surface area contributed by atoms with Crippen molar-refractivity contribution < 1.29 is 9.21 Å². The van der Waals surface area contributed by atoms with Gasteiger partial charge in [0.05, 0.1) is 12.8 Å². The van der Waals surface area contributed by atoms with E-state index in [0.717, 1.165) is 17.0 Å². The second-order valence-electron chi connectivity index (χ2n) is 4.52. The maximum atomic E-state index is 11.8. The molecule has 2 N–H and O–H groups in total. The van der Waals surface area contributed by atoms with Crippen LogP contribution in [0.25, 0.3) is 0 Å². The van der Waals surface area contributed by atoms with E-state index in [9.17, 15) is 4.79 Å². The minimum Gasteiger partial charge on any atom is -0.468 e. The second-order valence-corrected chi connectivity index (χ2v) is 4.93. The fraction of sp³-hybridized carbons (Fsp3) is 0.267. The number of furan rings is 1. The molecule has 0 saturated heterocycles. The molecule has 1 amide bonds. The second kappa shape index (κ2) is 7.12. The Kier molecular flexibility index (Phi) is 5.21. The van der Waals surface area contributed by atoms with E-state index in [0.29, 0.717) is 24.5 Å². The van der Waals surface area contributed by atoms with E-state index in [1.54, 1.807) is 12.3 Å². The number of hydrogen-bond donors (Lipinski definition) is 2. The van der Waals surface area contributed by atoms with Crippen LogP contribution in [-0.4, -0.2) is 12.5 Å². The van der Waals surface area contributed by atoms with Crippen LogP contribution in [0.5, 0.6) is 0 Å². The van der Waals surface area contributed by atoms with Crippen LogP contribution in [0.4, 0.5) is 5.69 Å². The molecule has 0 unspecified atom stereocenters. The van der Waals surface area contributed by atoms with Gasteiger partial charge in [-0.05, 0) is 36.8 Å². The van der Waals surface area contributed by atoms with E-state index in [4.69, 9.17) is 16.0 Å². The van der Waals surface area contributed by atoms with Gasteiger partial charge in [-0.2, -0.15) is 0 Å². The SMILES string of the molecule is Cc1ccc(NC(=O)CCNCc2ccco2)cc1Cl. The molecule has 20 heavy (non-hydrogen) atoms. The zero-order valence-corrected chi connectivity index (χ0v) is 12.0. The third kappa shape index (κ3) is 4.40. The Morgan fingerprint density at radius 1 is 1.35 bits per heavy atom. The van der Waals surface area contributed by atoms with Crippen molar-refractivity contribution in [3.05, 3.63) is 52.9 Å². The van der Waals surface area contributed by atoms with Crippen LogP contribution in [0, 0.1) is 6.92 Å². The van der Waals surface area contributed by atoms with Gasteiger partial charge in [-0.15, -0.1) is 0 Å². The maximum absolute atomic E-state index is 11.8. The summed E-state index contributed by atoms with van der Waals surface area (Å²) < 4.78 is 5.18. The smallest absolute Gasteiger partial charge is 0.225 e. The first-order valence-corrected chi connectivity index (χ1v) is 6.82. The predicted molar refractivity (Wildman–Crippen MR) is 79.9 cm³/mol. The van der Waals surface area contributed by atoms with Crippen molar-refractivity contribution in [2.75, 3.05) is 11.9 Å². The normalized spacial score (nSPS) is 10.5. The van der Waals surface area contributed by atoms with Gasteiger partial charge >= 0.3 is 0 Å². The highest BCUT2D eigenvalue weighted by atomic mass is 35.5. The van der Waals surface area contributed by atoms with E-state index >= 15 is 0 Å². The summed E-state index contributed by atoms with van der Waals surface area (Å²) in [5.41, 5.74) is 1.71. The monoisotopic (exact) mass is 292 g/mol. The Bertz CT molecular complexity index is 567. The number of amides is 1. The third-order valence-corrected chi connectivity index (χ3v) is 3.27. The molecule has 1 aromatic heterocycles. The molecule has 4 nitrogen and oxygen atoms in total. The first-order chi connectivity index (χ1) is 9.65. The number of carbonyl (C=O) groups is 1. The van der Waals surface area contributed by atoms with Crippen molar-refractivity contribution >= 4 is 23.2 Å². The average Bonchev–Trinajstić information content (AvgIpc) is 2.92. The van der Waals surface area contributed by atoms with Crippen LogP contribution < -0.4 is 10.6 Å². The Morgan fingerprint density at radius 3 is 2.90 bits per heavy atom. The van der Waals surface area contributed by atoms with Crippen molar-refractivity contribution in [3.8, 4) is 0 Å². The zero-order chi connectivity index (χ0) is 14.4. The Labute approximate surface area is 123 Å². The minimum absolute atomic E-state index is 0.0446. The molecule has 0 aliphatic rings. The van der Waals surface area contributed by atoms with Crippen LogP contribution in [-0.2, 0) is 11.3 Å². The molecule has 0 bridgehead atoms. The van der Waals surface area contributed by atoms with Crippen molar-refractivity contribution in [2.45, 2.75) is 19.9 Å². The highest BCUT2D eigenvalue weighted by Crippen LogP contribution is 2.19. The van der Waals surface area contributed by atoms with Gasteiger partial charge in [-0.1, -0.05) is 17.7 Å². The number of carbonyl (C=O) groups excluding carboxylic acids is 1. The van der Waals surface area contributed by atoms with E-state index in [-0.39, 0.29) is 5.91 Å². The molecule has 0 spiro atoms. The summed E-state index contributed by atoms with van der Waals surface area (Å²) in [6.07, 6.45) is 2.02. The molecule has 2 rings (SSSR count). The summed E-state index contributed by atoms with van der Waals surface area (Å²) in [5.74, 6) is 0.813. The first-order valence-electron chi connectivity index (χ1n) is 6.44. The Morgan fingerprint density at radius 2 is 2.20 bits per heavy atom. The topological polar surface area (TPSA) is 54.3 Å². The van der Waals surface area contributed by atoms with Crippen LogP contribution in [0.3, 0.4) is 0 Å². The van der Waals surface area contributed by atoms with Gasteiger partial charge in [-0.3, -0.25) is 4.79 Å². The summed E-state index contributed by atoms with van der Waals surface area (Å²) in [7, 11) is 0. The summed E-state index contributed by atoms with van der Waals surface area (Å²) in [6, 6.07) is 9.21. The highest BCUT2D eigenvalue weighted by Gasteiger charge is 2.04. The standard InChI is InChI=1S/C15H17ClN2O2/c1-11-4-5-12(9-14(11)16)18-15(19)6-7-17-10-13-3-2-8-20-13/h2-5,8-9,17H,6-7,10H2,1H3,(H,18,19). The van der Waals surface area contributed by atoms with Gasteiger partial charge in [0.1, 0.15) is 5.76 Å². The van der Waals surface area contributed by atoms with E-state index in [2.05, 4.69) is 10.6 Å². The van der Waals surface area contributed by atoms with E-state index < -0.39 is 0 Å². The average molecular weight is 293 g/mol. The van der Waals surface area contributed by atoms with Gasteiger partial charge < -0.3 is 15.1 Å². The summed E-state index contributed by atoms with van der Waals surface area (Å²) in [6.45, 7) is 3.13. The maximum Gasteiger partial charge on any atom is 0.225 e. The highest BCUT2D eigenvalue weighted by molar-refractivity contribution is 6.31. The van der Waals surface area contributed by atoms with Gasteiger partial charge in [0.25, 0.3) is 0 Å². The van der Waals surface area contributed by atoms with Crippen LogP contribution in [0.2, 0.25) is 5.02 Å². The first kappa shape index (κ1) is 14.6. The van der Waals surface area contributed by atoms with E-state index in [1.807, 2.05) is 31.2 Å². The molecular weight excluding hydrogens is 276 g/mol. The fourth-order valence-electron chi connectivity index (χ4n) is 1.72. The third-order valence-electron chi connectivity index (χ3n) is 2.86. The molecule has 0 fully saturated rings. The molecule has 1 heterocycles. The number of rotatable bonds is 6. The molecule has 106 valence electrons. The summed E-state index contributed by atoms with van der Waals surface area (Å²) >= 11 is 6.01. The van der Waals surface area contributed by atoms with Gasteiger partial charge in [0.2, 0.25) is 5.91 Å². The van der Waals surface area contributed by atoms with Gasteiger partial charge in [-0.25, -0.2) is 0 Å². The number of aryl methyl sites for hydroxylation is 1. The lowest BCUT2D eigenvalue weighted by atomic mass is 10.2. The van der Waals surface area contributed by atoms with Gasteiger partial charge in [0.15, 0.2) is 0 Å². The predicted octanol–water partition coefficient (Wildman–Crippen LogP) is 3.36. The van der Waals surface area contributed by atoms with Crippen LogP contribution in [0.1, 0.15) is 17.7 Å². The minimum atomic E-state index is -0.0446. The van der Waals surface area contributed by atoms with Crippen molar-refractivity contribution in [3.63, 3.8) is 0 Å². The van der Waals surface area contributed by atoms with Gasteiger partial charge in [0, 0.05) is 23.7 Å². The Hall–Kier alpha value is -1.78. The molecule has 1 aromatic carbocycles. The lowest BCUT2D eigenvalue weighted by Crippen LogP contribution is -2.21. The fourth-order valence-corrected chi connectivity index (χ4v) is 1.90. The lowest BCUT2D eigenvalue weighted by molar-refractivity contribution is -0.116. The molecule has 0 radical (unpaired) electrons. The summed E-state index contributed by atoms with van der Waals surface area (Å²) in [4.78, 5) is 11.8. The molecule has 0 aliphatic carbocycles. The molecule has 5 heteroatoms. The van der Waals surface area contributed by atoms with Crippen molar-refractivity contribution in [1.82, 2.24) is 5.32 Å². The zero-order valence-electron chi connectivity index (χ0n) is 11.3. The largest absolute Gasteiger partial charge is 0.468 e. The van der Waals surface area contributed by atoms with Crippen molar-refractivity contribution in [1.29, 1.82) is 0 Å². The molecular formula is C15H17ClN2O2. The number of benzene rings is 1. The number of anilines is 1. The molecule has 0 aliphatic heterocycles. The molecule has 0 saturated carbocycles. The molecule has 0 atom stereocenters. The lowest BCUT2D eigenvalue weighted by Gasteiger charge is -2.07. The number of hydrogen-bond acceptors (Lipinski definition) is 3. The van der Waals surface area contributed by atoms with E-state index in [1.165, 1.54) is 0 Å². The van der Waals surface area contributed by atoms with Crippen LogP contribution >= 0.6 is 11.6 Å². The van der Waals surface area contributed by atoms with Crippen molar-refractivity contribution in [2.24, 2.45) is 0 Å². The Balaban J connectivity index is 1.71. The van der Waals surface area contributed by atoms with Crippen LogP contribution in [0.15, 0.2) is 41.0 Å². The summed E-state index contributed by atoms with van der Waals surface area (Å²) in [5, 5.41) is 6.61. The molecule has 2 aromatic rings. The number of halogens is 1. The quantitative estimate of drug-likeness (QED) is 0.803. The number of nitrogens with one attached hydrogen (secondary N) is 2.